The number of carbonyl (C=O) groups is 2. The fourth-order valence-corrected chi connectivity index (χ4v) is 5.44. The van der Waals surface area contributed by atoms with Gasteiger partial charge in [0.2, 0.25) is 0 Å². The molecular weight excluding hydrogens is 526 g/mol. The van der Waals surface area contributed by atoms with E-state index in [0.717, 1.165) is 38.4 Å². The third kappa shape index (κ3) is 6.42. The van der Waals surface area contributed by atoms with Crippen molar-refractivity contribution in [2.45, 2.75) is 31.6 Å². The Morgan fingerprint density at radius 1 is 1.00 bits per heavy atom. The molecule has 1 heterocycles. The molecule has 8 nitrogen and oxygen atoms in total. The number of fused-ring (bicyclic) bond motifs is 1. The minimum Gasteiger partial charge on any atom is -0.494 e. The number of primary amides is 1. The number of nitrogens with one attached hydrogen (secondary N) is 2. The number of aryl methyl sites for hydroxylation is 3. The Bertz CT molecular complexity index is 1560. The van der Waals surface area contributed by atoms with E-state index in [0.29, 0.717) is 29.9 Å². The maximum atomic E-state index is 13.0. The fourth-order valence-electron chi connectivity index (χ4n) is 4.23. The second kappa shape index (κ2) is 11.8. The molecule has 0 aliphatic rings. The van der Waals surface area contributed by atoms with Crippen LogP contribution in [0.5, 0.6) is 5.75 Å². The quantitative estimate of drug-likeness (QED) is 0.258. The first-order chi connectivity index (χ1) is 18.2. The van der Waals surface area contributed by atoms with Crippen LogP contribution in [0.25, 0.3) is 10.9 Å². The number of benzene rings is 3. The summed E-state index contributed by atoms with van der Waals surface area (Å²) in [6, 6.07) is 19.0. The lowest BCUT2D eigenvalue weighted by molar-refractivity contribution is -0.411. The minimum absolute atomic E-state index is 0.0173. The third-order valence-corrected chi connectivity index (χ3v) is 8.17. The molecule has 0 radical (unpaired) electrons. The Kier molecular flexibility index (Phi) is 8.51. The number of para-hydroxylation sites is 1. The Morgan fingerprint density at radius 2 is 1.66 bits per heavy atom. The summed E-state index contributed by atoms with van der Waals surface area (Å²) < 4.78 is 31.4. The van der Waals surface area contributed by atoms with Crippen molar-refractivity contribution in [1.29, 1.82) is 0 Å². The summed E-state index contributed by atoms with van der Waals surface area (Å²) >= 11 is 6.24. The van der Waals surface area contributed by atoms with Gasteiger partial charge in [-0.1, -0.05) is 48.0 Å². The van der Waals surface area contributed by atoms with E-state index in [-0.39, 0.29) is 4.90 Å². The number of aromatic nitrogens is 1. The van der Waals surface area contributed by atoms with Gasteiger partial charge in [0, 0.05) is 15.9 Å². The number of quaternary nitrogens is 1. The summed E-state index contributed by atoms with van der Waals surface area (Å²) in [6.45, 7) is 3.85. The number of hydrogen-bond acceptors (Lipinski definition) is 5. The van der Waals surface area contributed by atoms with Crippen LogP contribution in [-0.4, -0.2) is 38.4 Å². The molecule has 0 fully saturated rings. The van der Waals surface area contributed by atoms with Gasteiger partial charge < -0.3 is 15.0 Å². The van der Waals surface area contributed by atoms with Crippen LogP contribution in [0.3, 0.4) is 0 Å². The van der Waals surface area contributed by atoms with Gasteiger partial charge in [-0.2, -0.15) is 13.1 Å². The highest BCUT2D eigenvalue weighted by Gasteiger charge is 2.24. The topological polar surface area (TPSA) is 122 Å². The molecule has 0 saturated heterocycles. The molecule has 198 valence electrons. The average Bonchev–Trinajstić information content (AvgIpc) is 3.27. The largest absolute Gasteiger partial charge is 0.494 e. The Morgan fingerprint density at radius 3 is 2.37 bits per heavy atom. The highest BCUT2D eigenvalue weighted by molar-refractivity contribution is 7.85. The van der Waals surface area contributed by atoms with Crippen LogP contribution < -0.4 is 14.8 Å². The first-order valence-corrected chi connectivity index (χ1v) is 14.0. The summed E-state index contributed by atoms with van der Waals surface area (Å²) in [7, 11) is -3.90. The second-order valence-electron chi connectivity index (χ2n) is 8.97. The van der Waals surface area contributed by atoms with Crippen LogP contribution in [0.1, 0.15) is 33.6 Å². The molecule has 10 heteroatoms. The number of H-pyrrole nitrogens is 1. The van der Waals surface area contributed by atoms with E-state index >= 15 is 0 Å². The van der Waals surface area contributed by atoms with Gasteiger partial charge in [-0.25, -0.2) is 4.79 Å². The van der Waals surface area contributed by atoms with E-state index in [1.165, 1.54) is 12.1 Å². The molecule has 0 aliphatic heterocycles. The van der Waals surface area contributed by atoms with Crippen molar-refractivity contribution in [3.63, 3.8) is 0 Å². The van der Waals surface area contributed by atoms with E-state index in [9.17, 15) is 18.0 Å². The van der Waals surface area contributed by atoms with Gasteiger partial charge in [-0.3, -0.25) is 4.79 Å². The van der Waals surface area contributed by atoms with Crippen LogP contribution in [-0.2, 0) is 21.2 Å². The summed E-state index contributed by atoms with van der Waals surface area (Å²) in [5.41, 5.74) is 3.82. The molecule has 0 unspecified atom stereocenters. The van der Waals surface area contributed by atoms with Crippen molar-refractivity contribution < 1.29 is 27.5 Å². The molecule has 4 aromatic rings. The van der Waals surface area contributed by atoms with Crippen molar-refractivity contribution in [3.05, 3.63) is 94.1 Å². The monoisotopic (exact) mass is 554 g/mol. The summed E-state index contributed by atoms with van der Waals surface area (Å²) in [6.07, 6.45) is 1.20. The molecule has 4 rings (SSSR count). The van der Waals surface area contributed by atoms with Gasteiger partial charge in [0.25, 0.3) is 5.91 Å². The number of halogens is 1. The SMILES string of the molecule is Cc1cc(OCCCc2c(C(=O)NCC(=O)[NH2+]S(=O)(=O)c3ccccc3)[nH]c3ccccc23)cc(C)c1Cl. The van der Waals surface area contributed by atoms with Crippen LogP contribution in [0.15, 0.2) is 71.6 Å². The first kappa shape index (κ1) is 27.4. The van der Waals surface area contributed by atoms with Crippen molar-refractivity contribution in [2.24, 2.45) is 0 Å². The minimum atomic E-state index is -3.90. The zero-order chi connectivity index (χ0) is 27.3. The Labute approximate surface area is 226 Å². The smallest absolute Gasteiger partial charge is 0.345 e. The zero-order valence-corrected chi connectivity index (χ0v) is 22.7. The van der Waals surface area contributed by atoms with Gasteiger partial charge in [0.15, 0.2) is 0 Å². The first-order valence-electron chi connectivity index (χ1n) is 12.1. The van der Waals surface area contributed by atoms with Gasteiger partial charge in [-0.15, -0.1) is 0 Å². The van der Waals surface area contributed by atoms with Crippen molar-refractivity contribution >= 4 is 44.3 Å². The van der Waals surface area contributed by atoms with Crippen molar-refractivity contribution in [2.75, 3.05) is 13.2 Å². The maximum Gasteiger partial charge on any atom is 0.345 e. The van der Waals surface area contributed by atoms with Gasteiger partial charge >= 0.3 is 15.9 Å². The molecule has 0 aliphatic carbocycles. The lowest BCUT2D eigenvalue weighted by Gasteiger charge is -2.10. The van der Waals surface area contributed by atoms with E-state index < -0.39 is 28.4 Å². The highest BCUT2D eigenvalue weighted by Crippen LogP contribution is 2.27. The van der Waals surface area contributed by atoms with Crippen molar-refractivity contribution in [3.8, 4) is 5.75 Å². The van der Waals surface area contributed by atoms with E-state index in [4.69, 9.17) is 16.3 Å². The van der Waals surface area contributed by atoms with Gasteiger partial charge in [0.1, 0.15) is 22.9 Å². The van der Waals surface area contributed by atoms with Gasteiger partial charge in [-0.05, 0) is 73.7 Å². The third-order valence-electron chi connectivity index (χ3n) is 6.07. The lowest BCUT2D eigenvalue weighted by Crippen LogP contribution is -2.92. The molecule has 38 heavy (non-hydrogen) atoms. The number of ether oxygens (including phenoxy) is 1. The predicted molar refractivity (Wildman–Crippen MR) is 146 cm³/mol. The maximum absolute atomic E-state index is 13.0. The normalized spacial score (nSPS) is 11.4. The average molecular weight is 555 g/mol. The Hall–Kier alpha value is -3.66. The standard InChI is InChI=1S/C28H28ClN3O5S/c1-18-15-20(16-19(2)26(18)29)37-14-8-12-23-22-11-6-7-13-24(22)31-27(23)28(34)30-17-25(33)32-38(35,36)21-9-4-3-5-10-21/h3-7,9-11,13,15-16,31H,8,12,14,17H2,1-2H3,(H,30,34)(H,32,33)/p+1. The predicted octanol–water partition coefficient (Wildman–Crippen LogP) is 3.66. The number of primary sulfonamides is 1. The number of rotatable bonds is 10. The van der Waals surface area contributed by atoms with Crippen LogP contribution in [0.4, 0.5) is 0 Å². The van der Waals surface area contributed by atoms with Gasteiger partial charge in [0.05, 0.1) is 6.61 Å². The molecule has 0 saturated carbocycles. The molecule has 0 bridgehead atoms. The molecule has 0 atom stereocenters. The van der Waals surface area contributed by atoms with E-state index in [1.807, 2.05) is 50.2 Å². The molecule has 2 amide bonds. The number of carbonyl (C=O) groups excluding carboxylic acids is 2. The summed E-state index contributed by atoms with van der Waals surface area (Å²) in [4.78, 5) is 28.5. The number of amides is 2. The second-order valence-corrected chi connectivity index (χ2v) is 11.1. The molecule has 4 N–H and O–H groups in total. The zero-order valence-electron chi connectivity index (χ0n) is 21.1. The Balaban J connectivity index is 1.40. The molecule has 3 aromatic carbocycles. The number of nitrogens with two attached hydrogens (primary N) is 1. The lowest BCUT2D eigenvalue weighted by atomic mass is 10.1. The summed E-state index contributed by atoms with van der Waals surface area (Å²) in [5.74, 6) is -0.469. The van der Waals surface area contributed by atoms with Crippen molar-refractivity contribution in [1.82, 2.24) is 10.3 Å². The molecular formula is C28H29ClN3O5S+. The number of sulfonamides is 1. The number of aromatic amines is 1. The summed E-state index contributed by atoms with van der Waals surface area (Å²) in [5, 5.41) is 4.17. The fraction of sp³-hybridized carbons (Fsp3) is 0.214. The molecule has 0 spiro atoms. The highest BCUT2D eigenvalue weighted by atomic mass is 35.5. The van der Waals surface area contributed by atoms with E-state index in [1.54, 1.807) is 18.2 Å². The van der Waals surface area contributed by atoms with E-state index in [2.05, 4.69) is 10.3 Å². The molecule has 1 aromatic heterocycles. The van der Waals surface area contributed by atoms with Crippen LogP contribution in [0, 0.1) is 13.8 Å². The van der Waals surface area contributed by atoms with Crippen LogP contribution >= 0.6 is 11.6 Å². The van der Waals surface area contributed by atoms with Crippen LogP contribution in [0.2, 0.25) is 5.02 Å². The number of hydrogen-bond donors (Lipinski definition) is 3.